The van der Waals surface area contributed by atoms with E-state index < -0.39 is 9.84 Å². The van der Waals surface area contributed by atoms with Crippen LogP contribution in [0.4, 0.5) is 0 Å². The van der Waals surface area contributed by atoms with Crippen molar-refractivity contribution in [3.05, 3.63) is 30.3 Å². The SMILES string of the molecule is O=C=NCCS(=O)(=O)c1ccccc1. The number of hydrogen-bond acceptors (Lipinski definition) is 4. The highest BCUT2D eigenvalue weighted by Crippen LogP contribution is 2.09. The number of benzene rings is 1. The van der Waals surface area contributed by atoms with Gasteiger partial charge in [0.2, 0.25) is 6.08 Å². The average molecular weight is 211 g/mol. The first kappa shape index (κ1) is 10.6. The van der Waals surface area contributed by atoms with E-state index in [9.17, 15) is 13.2 Å². The molecule has 14 heavy (non-hydrogen) atoms. The molecule has 0 spiro atoms. The predicted molar refractivity (Wildman–Crippen MR) is 51.5 cm³/mol. The van der Waals surface area contributed by atoms with Crippen LogP contribution in [0.15, 0.2) is 40.2 Å². The van der Waals surface area contributed by atoms with Crippen LogP contribution in [0.1, 0.15) is 0 Å². The Kier molecular flexibility index (Phi) is 3.56. The monoisotopic (exact) mass is 211 g/mol. The van der Waals surface area contributed by atoms with Gasteiger partial charge in [0.1, 0.15) is 0 Å². The van der Waals surface area contributed by atoms with Gasteiger partial charge in [-0.15, -0.1) is 0 Å². The van der Waals surface area contributed by atoms with Gasteiger partial charge in [-0.25, -0.2) is 18.2 Å². The smallest absolute Gasteiger partial charge is 0.224 e. The zero-order valence-corrected chi connectivity index (χ0v) is 8.20. The Morgan fingerprint density at radius 1 is 1.21 bits per heavy atom. The van der Waals surface area contributed by atoms with Crippen molar-refractivity contribution in [2.75, 3.05) is 12.3 Å². The van der Waals surface area contributed by atoms with Crippen LogP contribution < -0.4 is 0 Å². The highest BCUT2D eigenvalue weighted by atomic mass is 32.2. The lowest BCUT2D eigenvalue weighted by Crippen LogP contribution is -2.08. The Labute approximate surface area is 82.2 Å². The summed E-state index contributed by atoms with van der Waals surface area (Å²) in [4.78, 5) is 13.2. The average Bonchev–Trinajstić information content (AvgIpc) is 2.19. The number of carbonyl (C=O) groups excluding carboxylic acids is 1. The van der Waals surface area contributed by atoms with Gasteiger partial charge in [0.05, 0.1) is 17.2 Å². The van der Waals surface area contributed by atoms with Crippen LogP contribution in [-0.2, 0) is 14.6 Å². The third-order valence-corrected chi connectivity index (χ3v) is 3.35. The minimum atomic E-state index is -3.31. The molecule has 0 aliphatic carbocycles. The molecule has 0 aliphatic heterocycles. The lowest BCUT2D eigenvalue weighted by Gasteiger charge is -2.00. The van der Waals surface area contributed by atoms with E-state index in [1.54, 1.807) is 18.2 Å². The maximum atomic E-state index is 11.5. The molecule has 0 saturated heterocycles. The van der Waals surface area contributed by atoms with Crippen molar-refractivity contribution in [2.24, 2.45) is 4.99 Å². The summed E-state index contributed by atoms with van der Waals surface area (Å²) in [5.74, 6) is -0.160. The first-order valence-corrected chi connectivity index (χ1v) is 5.63. The van der Waals surface area contributed by atoms with E-state index in [4.69, 9.17) is 0 Å². The summed E-state index contributed by atoms with van der Waals surface area (Å²) in [7, 11) is -3.31. The molecule has 4 nitrogen and oxygen atoms in total. The Bertz CT molecular complexity index is 432. The minimum Gasteiger partial charge on any atom is -0.224 e. The molecule has 0 amide bonds. The van der Waals surface area contributed by atoms with Gasteiger partial charge >= 0.3 is 0 Å². The number of hydrogen-bond donors (Lipinski definition) is 0. The van der Waals surface area contributed by atoms with Crippen molar-refractivity contribution in [2.45, 2.75) is 4.90 Å². The molecule has 1 rings (SSSR count). The van der Waals surface area contributed by atoms with E-state index in [1.165, 1.54) is 18.2 Å². The maximum absolute atomic E-state index is 11.5. The molecule has 0 N–H and O–H groups in total. The van der Waals surface area contributed by atoms with Gasteiger partial charge in [0, 0.05) is 0 Å². The minimum absolute atomic E-state index is 0.0409. The summed E-state index contributed by atoms with van der Waals surface area (Å²) in [6.45, 7) is -0.0409. The molecule has 5 heteroatoms. The fourth-order valence-corrected chi connectivity index (χ4v) is 2.10. The summed E-state index contributed by atoms with van der Waals surface area (Å²) in [5.41, 5.74) is 0. The Hall–Kier alpha value is -1.45. The van der Waals surface area contributed by atoms with E-state index in [2.05, 4.69) is 4.99 Å². The summed E-state index contributed by atoms with van der Waals surface area (Å²) in [5, 5.41) is 0. The molecule has 0 heterocycles. The second-order valence-electron chi connectivity index (χ2n) is 2.60. The molecule has 0 saturated carbocycles. The second kappa shape index (κ2) is 4.69. The molecule has 0 radical (unpaired) electrons. The zero-order valence-electron chi connectivity index (χ0n) is 7.38. The van der Waals surface area contributed by atoms with Crippen LogP contribution in [0.2, 0.25) is 0 Å². The molecule has 0 atom stereocenters. The van der Waals surface area contributed by atoms with E-state index in [0.29, 0.717) is 0 Å². The van der Waals surface area contributed by atoms with E-state index in [0.717, 1.165) is 0 Å². The highest BCUT2D eigenvalue weighted by Gasteiger charge is 2.12. The van der Waals surface area contributed by atoms with Crippen molar-refractivity contribution < 1.29 is 13.2 Å². The molecule has 0 aliphatic rings. The third kappa shape index (κ3) is 2.80. The highest BCUT2D eigenvalue weighted by molar-refractivity contribution is 7.91. The van der Waals surface area contributed by atoms with Gasteiger partial charge in [-0.2, -0.15) is 0 Å². The molecule has 0 aromatic heterocycles. The van der Waals surface area contributed by atoms with Crippen molar-refractivity contribution >= 4 is 15.9 Å². The lowest BCUT2D eigenvalue weighted by molar-refractivity contribution is 0.563. The van der Waals surface area contributed by atoms with Crippen molar-refractivity contribution in [1.29, 1.82) is 0 Å². The Morgan fingerprint density at radius 3 is 2.43 bits per heavy atom. The number of isocyanates is 1. The van der Waals surface area contributed by atoms with Crippen LogP contribution in [-0.4, -0.2) is 26.8 Å². The van der Waals surface area contributed by atoms with Crippen molar-refractivity contribution in [3.63, 3.8) is 0 Å². The Balaban J connectivity index is 2.81. The number of rotatable bonds is 4. The summed E-state index contributed by atoms with van der Waals surface area (Å²) in [6.07, 6.45) is 1.30. The number of sulfone groups is 1. The normalized spacial score (nSPS) is 10.6. The van der Waals surface area contributed by atoms with Crippen LogP contribution >= 0.6 is 0 Å². The topological polar surface area (TPSA) is 63.6 Å². The van der Waals surface area contributed by atoms with E-state index in [-0.39, 0.29) is 17.2 Å². The van der Waals surface area contributed by atoms with Crippen LogP contribution in [0.5, 0.6) is 0 Å². The number of nitrogens with zero attached hydrogens (tertiary/aromatic N) is 1. The molecule has 0 fully saturated rings. The molecular formula is C9H9NO3S. The first-order chi connectivity index (χ1) is 6.67. The van der Waals surface area contributed by atoms with Crippen LogP contribution in [0.3, 0.4) is 0 Å². The van der Waals surface area contributed by atoms with Crippen molar-refractivity contribution in [1.82, 2.24) is 0 Å². The van der Waals surface area contributed by atoms with Crippen molar-refractivity contribution in [3.8, 4) is 0 Å². The standard InChI is InChI=1S/C9H9NO3S/c11-8-10-6-7-14(12,13)9-4-2-1-3-5-9/h1-5H,6-7H2. The van der Waals surface area contributed by atoms with Gasteiger partial charge in [-0.1, -0.05) is 18.2 Å². The molecule has 1 aromatic rings. The fourth-order valence-electron chi connectivity index (χ4n) is 0.957. The fraction of sp³-hybridized carbons (Fsp3) is 0.222. The van der Waals surface area contributed by atoms with Crippen LogP contribution in [0.25, 0.3) is 0 Å². The maximum Gasteiger partial charge on any atom is 0.234 e. The first-order valence-electron chi connectivity index (χ1n) is 3.98. The van der Waals surface area contributed by atoms with Gasteiger partial charge < -0.3 is 0 Å². The summed E-state index contributed by atoms with van der Waals surface area (Å²) in [6, 6.07) is 8.06. The van der Waals surface area contributed by atoms with Gasteiger partial charge in [0.15, 0.2) is 9.84 Å². The molecule has 0 unspecified atom stereocenters. The van der Waals surface area contributed by atoms with Gasteiger partial charge in [-0.05, 0) is 12.1 Å². The third-order valence-electron chi connectivity index (χ3n) is 1.64. The Morgan fingerprint density at radius 2 is 1.86 bits per heavy atom. The molecule has 0 bridgehead atoms. The van der Waals surface area contributed by atoms with Gasteiger partial charge in [0.25, 0.3) is 0 Å². The quantitative estimate of drug-likeness (QED) is 0.546. The largest absolute Gasteiger partial charge is 0.234 e. The summed E-state index contributed by atoms with van der Waals surface area (Å²) < 4.78 is 23.0. The lowest BCUT2D eigenvalue weighted by atomic mass is 10.4. The van der Waals surface area contributed by atoms with E-state index in [1.807, 2.05) is 0 Å². The molecule has 1 aromatic carbocycles. The second-order valence-corrected chi connectivity index (χ2v) is 4.71. The zero-order chi connectivity index (χ0) is 10.4. The summed E-state index contributed by atoms with van der Waals surface area (Å²) >= 11 is 0. The number of aliphatic imine (C=N–C) groups is 1. The molecule has 74 valence electrons. The predicted octanol–water partition coefficient (Wildman–Crippen LogP) is 0.796. The van der Waals surface area contributed by atoms with Gasteiger partial charge in [-0.3, -0.25) is 0 Å². The molecular weight excluding hydrogens is 202 g/mol. The van der Waals surface area contributed by atoms with Crippen LogP contribution in [0, 0.1) is 0 Å². The van der Waals surface area contributed by atoms with E-state index >= 15 is 0 Å².